The van der Waals surface area contributed by atoms with Crippen LogP contribution in [-0.2, 0) is 9.53 Å². The molecule has 0 unspecified atom stereocenters. The first-order valence-electron chi connectivity index (χ1n) is 6.73. The van der Waals surface area contributed by atoms with Crippen molar-refractivity contribution in [3.63, 3.8) is 0 Å². The zero-order chi connectivity index (χ0) is 16.7. The Morgan fingerprint density at radius 3 is 2.50 bits per heavy atom. The van der Waals surface area contributed by atoms with Gasteiger partial charge in [-0.2, -0.15) is 0 Å². The van der Waals surface area contributed by atoms with Crippen LogP contribution in [0.4, 0.5) is 5.69 Å². The van der Waals surface area contributed by atoms with Gasteiger partial charge in [0, 0.05) is 18.7 Å². The van der Waals surface area contributed by atoms with Crippen molar-refractivity contribution in [1.82, 2.24) is 4.90 Å². The molecule has 0 aliphatic rings. The minimum atomic E-state index is -0.618. The molecule has 120 valence electrons. The van der Waals surface area contributed by atoms with Crippen LogP contribution in [0.25, 0.3) is 0 Å². The Bertz CT molecular complexity index is 572. The second kappa shape index (κ2) is 7.96. The van der Waals surface area contributed by atoms with Crippen molar-refractivity contribution in [3.8, 4) is 5.75 Å². The minimum Gasteiger partial charge on any atom is -0.487 e. The molecule has 0 saturated carbocycles. The zero-order valence-corrected chi connectivity index (χ0v) is 12.7. The van der Waals surface area contributed by atoms with E-state index in [9.17, 15) is 19.7 Å². The third-order valence-electron chi connectivity index (χ3n) is 2.72. The van der Waals surface area contributed by atoms with Gasteiger partial charge >= 0.3 is 11.7 Å². The van der Waals surface area contributed by atoms with Crippen molar-refractivity contribution >= 4 is 17.6 Å². The highest BCUT2D eigenvalue weighted by molar-refractivity contribution is 5.96. The first-order valence-corrected chi connectivity index (χ1v) is 6.73. The molecule has 0 aromatic heterocycles. The molecule has 0 atom stereocenters. The van der Waals surface area contributed by atoms with Gasteiger partial charge in [0.2, 0.25) is 0 Å². The van der Waals surface area contributed by atoms with E-state index in [1.807, 2.05) is 0 Å². The number of amides is 1. The maximum absolute atomic E-state index is 12.2. The number of hydrogen-bond donors (Lipinski definition) is 0. The number of carbonyl (C=O) groups is 2. The summed E-state index contributed by atoms with van der Waals surface area (Å²) in [5.41, 5.74) is -0.195. The predicted octanol–water partition coefficient (Wildman–Crippen LogP) is 1.63. The van der Waals surface area contributed by atoms with Crippen molar-refractivity contribution in [2.45, 2.75) is 13.8 Å². The van der Waals surface area contributed by atoms with Crippen LogP contribution in [0, 0.1) is 10.1 Å². The zero-order valence-electron chi connectivity index (χ0n) is 12.7. The van der Waals surface area contributed by atoms with Crippen LogP contribution < -0.4 is 4.74 Å². The fraction of sp³-hybridized carbons (Fsp3) is 0.429. The molecule has 0 radical (unpaired) electrons. The number of nitro groups is 1. The number of benzene rings is 1. The Morgan fingerprint density at radius 1 is 1.27 bits per heavy atom. The monoisotopic (exact) mass is 310 g/mol. The number of carbonyl (C=O) groups excluding carboxylic acids is 2. The highest BCUT2D eigenvalue weighted by atomic mass is 16.6. The largest absolute Gasteiger partial charge is 0.487 e. The third-order valence-corrected chi connectivity index (χ3v) is 2.72. The lowest BCUT2D eigenvalue weighted by Gasteiger charge is -2.16. The fourth-order valence-electron chi connectivity index (χ4n) is 1.76. The first-order chi connectivity index (χ1) is 10.4. The second-order valence-electron chi connectivity index (χ2n) is 4.34. The molecule has 1 rings (SSSR count). The lowest BCUT2D eigenvalue weighted by Crippen LogP contribution is -2.33. The van der Waals surface area contributed by atoms with E-state index in [1.54, 1.807) is 13.8 Å². The van der Waals surface area contributed by atoms with Gasteiger partial charge in [-0.15, -0.1) is 0 Å². The number of likely N-dealkylation sites (N-methyl/N-ethyl adjacent to an activating group) is 1. The molecule has 0 saturated heterocycles. The Labute approximate surface area is 127 Å². The molecule has 8 nitrogen and oxygen atoms in total. The molecule has 0 fully saturated rings. The lowest BCUT2D eigenvalue weighted by molar-refractivity contribution is -0.385. The Kier molecular flexibility index (Phi) is 6.30. The first kappa shape index (κ1) is 17.4. The fourth-order valence-corrected chi connectivity index (χ4v) is 1.76. The summed E-state index contributed by atoms with van der Waals surface area (Å²) in [6.45, 7) is 3.63. The average Bonchev–Trinajstić information content (AvgIpc) is 2.47. The van der Waals surface area contributed by atoms with E-state index in [4.69, 9.17) is 9.47 Å². The number of nitrogens with zero attached hydrogens (tertiary/aromatic N) is 2. The molecule has 0 aliphatic heterocycles. The van der Waals surface area contributed by atoms with Crippen LogP contribution in [0.5, 0.6) is 5.75 Å². The summed E-state index contributed by atoms with van der Waals surface area (Å²) in [5.74, 6) is -0.963. The maximum Gasteiger partial charge on any atom is 0.325 e. The molecule has 0 bridgehead atoms. The van der Waals surface area contributed by atoms with Gasteiger partial charge in [0.05, 0.1) is 18.1 Å². The van der Waals surface area contributed by atoms with Crippen molar-refractivity contribution in [2.75, 3.05) is 26.8 Å². The summed E-state index contributed by atoms with van der Waals surface area (Å²) < 4.78 is 9.90. The van der Waals surface area contributed by atoms with E-state index in [0.717, 1.165) is 11.0 Å². The Hall–Kier alpha value is -2.64. The Balaban J connectivity index is 2.96. The standard InChI is InChI=1S/C14H18N2O6/c1-4-21-12-7-6-10(8-11(12)16(19)20)14(18)15(3)9-13(17)22-5-2/h6-8H,4-5,9H2,1-3H3. The summed E-state index contributed by atoms with van der Waals surface area (Å²) in [6, 6.07) is 3.92. The summed E-state index contributed by atoms with van der Waals surface area (Å²) in [6.07, 6.45) is 0. The van der Waals surface area contributed by atoms with Crippen LogP contribution in [-0.4, -0.2) is 48.5 Å². The molecule has 1 amide bonds. The van der Waals surface area contributed by atoms with Crippen LogP contribution in [0.1, 0.15) is 24.2 Å². The number of esters is 1. The summed E-state index contributed by atoms with van der Waals surface area (Å²) in [7, 11) is 1.42. The molecule has 0 heterocycles. The number of rotatable bonds is 7. The molecule has 0 spiro atoms. The summed E-state index contributed by atoms with van der Waals surface area (Å²) in [5, 5.41) is 11.0. The van der Waals surface area contributed by atoms with Gasteiger partial charge in [0.1, 0.15) is 6.54 Å². The van der Waals surface area contributed by atoms with Crippen molar-refractivity contribution < 1.29 is 24.0 Å². The van der Waals surface area contributed by atoms with E-state index in [-0.39, 0.29) is 36.8 Å². The third kappa shape index (κ3) is 4.44. The van der Waals surface area contributed by atoms with Gasteiger partial charge in [-0.1, -0.05) is 0 Å². The topological polar surface area (TPSA) is 99.0 Å². The number of hydrogen-bond acceptors (Lipinski definition) is 6. The lowest BCUT2D eigenvalue weighted by atomic mass is 10.1. The highest BCUT2D eigenvalue weighted by Crippen LogP contribution is 2.28. The van der Waals surface area contributed by atoms with Gasteiger partial charge in [-0.3, -0.25) is 19.7 Å². The van der Waals surface area contributed by atoms with Crippen LogP contribution in [0.2, 0.25) is 0 Å². The summed E-state index contributed by atoms with van der Waals surface area (Å²) in [4.78, 5) is 35.1. The molecule has 8 heteroatoms. The molecule has 22 heavy (non-hydrogen) atoms. The average molecular weight is 310 g/mol. The highest BCUT2D eigenvalue weighted by Gasteiger charge is 2.21. The molecule has 1 aromatic carbocycles. The second-order valence-corrected chi connectivity index (χ2v) is 4.34. The van der Waals surface area contributed by atoms with Crippen molar-refractivity contribution in [2.24, 2.45) is 0 Å². The van der Waals surface area contributed by atoms with Gasteiger partial charge in [-0.05, 0) is 26.0 Å². The van der Waals surface area contributed by atoms with Crippen LogP contribution in [0.3, 0.4) is 0 Å². The van der Waals surface area contributed by atoms with E-state index in [1.165, 1.54) is 19.2 Å². The normalized spacial score (nSPS) is 9.95. The van der Waals surface area contributed by atoms with Gasteiger partial charge in [0.15, 0.2) is 5.75 Å². The van der Waals surface area contributed by atoms with Gasteiger partial charge in [0.25, 0.3) is 5.91 Å². The van der Waals surface area contributed by atoms with Crippen LogP contribution >= 0.6 is 0 Å². The number of ether oxygens (including phenoxy) is 2. The SMILES string of the molecule is CCOC(=O)CN(C)C(=O)c1ccc(OCC)c([N+](=O)[O-])c1. The van der Waals surface area contributed by atoms with Crippen LogP contribution in [0.15, 0.2) is 18.2 Å². The van der Waals surface area contributed by atoms with Gasteiger partial charge < -0.3 is 14.4 Å². The van der Waals surface area contributed by atoms with E-state index in [2.05, 4.69) is 0 Å². The van der Waals surface area contributed by atoms with E-state index >= 15 is 0 Å². The molecule has 0 N–H and O–H groups in total. The molecular weight excluding hydrogens is 292 g/mol. The molecule has 1 aromatic rings. The minimum absolute atomic E-state index is 0.0945. The van der Waals surface area contributed by atoms with E-state index in [0.29, 0.717) is 0 Å². The Morgan fingerprint density at radius 2 is 1.95 bits per heavy atom. The molecular formula is C14H18N2O6. The quantitative estimate of drug-likeness (QED) is 0.431. The summed E-state index contributed by atoms with van der Waals surface area (Å²) >= 11 is 0. The van der Waals surface area contributed by atoms with Gasteiger partial charge in [-0.25, -0.2) is 0 Å². The predicted molar refractivity (Wildman–Crippen MR) is 77.9 cm³/mol. The smallest absolute Gasteiger partial charge is 0.325 e. The van der Waals surface area contributed by atoms with Crippen molar-refractivity contribution in [1.29, 1.82) is 0 Å². The number of nitro benzene ring substituents is 1. The maximum atomic E-state index is 12.2. The molecule has 0 aliphatic carbocycles. The van der Waals surface area contributed by atoms with E-state index < -0.39 is 16.8 Å². The van der Waals surface area contributed by atoms with Crippen molar-refractivity contribution in [3.05, 3.63) is 33.9 Å².